The molecule has 0 heterocycles. The van der Waals surface area contributed by atoms with Crippen LogP contribution in [0.4, 0.5) is 0 Å². The van der Waals surface area contributed by atoms with Gasteiger partial charge in [0, 0.05) is 19.3 Å². The van der Waals surface area contributed by atoms with Crippen LogP contribution in [0.25, 0.3) is 0 Å². The number of carbonyl (C=O) groups is 3. The van der Waals surface area contributed by atoms with Crippen molar-refractivity contribution in [1.29, 1.82) is 0 Å². The average Bonchev–Trinajstić information content (AvgIpc) is 3.46. The van der Waals surface area contributed by atoms with Gasteiger partial charge in [-0.2, -0.15) is 0 Å². The number of allylic oxidation sites excluding steroid dienone is 22. The Balaban J connectivity index is 4.20. The van der Waals surface area contributed by atoms with Crippen molar-refractivity contribution in [1.82, 2.24) is 0 Å². The average molecular weight is 1120 g/mol. The zero-order chi connectivity index (χ0) is 58.5. The summed E-state index contributed by atoms with van der Waals surface area (Å²) in [5.41, 5.74) is 0. The molecule has 0 fully saturated rings. The van der Waals surface area contributed by atoms with Crippen LogP contribution in [0.2, 0.25) is 0 Å². The second-order valence-electron chi connectivity index (χ2n) is 22.0. The fourth-order valence-corrected chi connectivity index (χ4v) is 9.08. The summed E-state index contributed by atoms with van der Waals surface area (Å²) < 4.78 is 16.9. The smallest absolute Gasteiger partial charge is 0.306 e. The molecule has 0 aliphatic carbocycles. The van der Waals surface area contributed by atoms with Crippen molar-refractivity contribution in [3.63, 3.8) is 0 Å². The largest absolute Gasteiger partial charge is 0.462 e. The van der Waals surface area contributed by atoms with Crippen LogP contribution in [-0.2, 0) is 28.6 Å². The van der Waals surface area contributed by atoms with Crippen LogP contribution in [0.1, 0.15) is 303 Å². The zero-order valence-corrected chi connectivity index (χ0v) is 52.8. The first-order valence-corrected chi connectivity index (χ1v) is 33.7. The minimum Gasteiger partial charge on any atom is -0.462 e. The lowest BCUT2D eigenvalue weighted by Gasteiger charge is -2.18. The molecule has 6 heteroatoms. The van der Waals surface area contributed by atoms with Crippen molar-refractivity contribution in [2.45, 2.75) is 309 Å². The van der Waals surface area contributed by atoms with Crippen LogP contribution < -0.4 is 0 Å². The van der Waals surface area contributed by atoms with Gasteiger partial charge < -0.3 is 14.2 Å². The third kappa shape index (κ3) is 66.2. The molecule has 460 valence electrons. The second kappa shape index (κ2) is 68.1. The normalized spacial score (nSPS) is 13.0. The quantitative estimate of drug-likeness (QED) is 0.0261. The lowest BCUT2D eigenvalue weighted by molar-refractivity contribution is -0.167. The third-order valence-electron chi connectivity index (χ3n) is 14.1. The molecule has 1 atom stereocenters. The first-order chi connectivity index (χ1) is 40.0. The van der Waals surface area contributed by atoms with Crippen molar-refractivity contribution < 1.29 is 28.6 Å². The molecule has 0 saturated carbocycles. The predicted molar refractivity (Wildman–Crippen MR) is 353 cm³/mol. The Morgan fingerprint density at radius 3 is 0.802 bits per heavy atom. The number of carbonyl (C=O) groups excluding carboxylic acids is 3. The summed E-state index contributed by atoms with van der Waals surface area (Å²) in [6, 6.07) is 0. The summed E-state index contributed by atoms with van der Waals surface area (Å²) >= 11 is 0. The molecule has 6 nitrogen and oxygen atoms in total. The molecule has 0 aromatic carbocycles. The number of ether oxygens (including phenoxy) is 3. The number of hydrogen-bond acceptors (Lipinski definition) is 6. The van der Waals surface area contributed by atoms with E-state index in [0.29, 0.717) is 19.3 Å². The Kier molecular flexibility index (Phi) is 64.3. The summed E-state index contributed by atoms with van der Waals surface area (Å²) in [6.07, 6.45) is 96.2. The standard InChI is InChI=1S/C75H124O6/c1-4-7-10-13-16-19-22-25-27-28-29-30-31-32-33-34-35-36-37-38-39-40-41-42-43-44-45-46-48-50-53-56-59-62-65-68-74(77)80-71-72(70-79-73(76)67-64-61-58-55-52-49-24-21-18-15-12-9-6-3)81-75(78)69-66-63-60-57-54-51-47-26-23-20-17-14-11-8-5-2/h7,10,12,15-17,19-21,24-27,29-30,32-33,35-36,38-39,47,72H,4-6,8-9,11,13-14,18,22-23,28,31,34,37,40-46,48-71H2,1-3H3/b10-7-,15-12-,19-16-,20-17-,24-21-,27-25-,30-29-,33-32-,36-35-,39-38-,47-26-. The van der Waals surface area contributed by atoms with Crippen molar-refractivity contribution in [3.05, 3.63) is 134 Å². The minimum absolute atomic E-state index is 0.0901. The molecule has 81 heavy (non-hydrogen) atoms. The van der Waals surface area contributed by atoms with E-state index in [1.807, 2.05) is 0 Å². The van der Waals surface area contributed by atoms with Crippen molar-refractivity contribution in [2.75, 3.05) is 13.2 Å². The molecule has 0 aromatic heterocycles. The lowest BCUT2D eigenvalue weighted by Crippen LogP contribution is -2.30. The predicted octanol–water partition coefficient (Wildman–Crippen LogP) is 23.3. The van der Waals surface area contributed by atoms with Gasteiger partial charge in [-0.15, -0.1) is 0 Å². The molecule has 0 amide bonds. The summed E-state index contributed by atoms with van der Waals surface area (Å²) in [5.74, 6) is -0.915. The lowest BCUT2D eigenvalue weighted by atomic mass is 10.0. The summed E-state index contributed by atoms with van der Waals surface area (Å²) in [7, 11) is 0. The van der Waals surface area contributed by atoms with Crippen LogP contribution in [0.3, 0.4) is 0 Å². The number of unbranched alkanes of at least 4 members (excludes halogenated alkanes) is 27. The molecule has 0 bridgehead atoms. The van der Waals surface area contributed by atoms with Gasteiger partial charge in [0.1, 0.15) is 13.2 Å². The van der Waals surface area contributed by atoms with E-state index in [9.17, 15) is 14.4 Å². The van der Waals surface area contributed by atoms with Gasteiger partial charge in [-0.25, -0.2) is 0 Å². The maximum Gasteiger partial charge on any atom is 0.306 e. The van der Waals surface area contributed by atoms with Gasteiger partial charge in [-0.05, 0) is 135 Å². The molecule has 0 N–H and O–H groups in total. The Morgan fingerprint density at radius 1 is 0.259 bits per heavy atom. The molecular weight excluding hydrogens is 997 g/mol. The van der Waals surface area contributed by atoms with Gasteiger partial charge >= 0.3 is 17.9 Å². The van der Waals surface area contributed by atoms with Gasteiger partial charge in [-0.1, -0.05) is 283 Å². The van der Waals surface area contributed by atoms with Gasteiger partial charge in [0.05, 0.1) is 0 Å². The van der Waals surface area contributed by atoms with E-state index in [1.54, 1.807) is 0 Å². The number of hydrogen-bond donors (Lipinski definition) is 0. The minimum atomic E-state index is -0.795. The van der Waals surface area contributed by atoms with Crippen LogP contribution >= 0.6 is 0 Å². The fourth-order valence-electron chi connectivity index (χ4n) is 9.08. The Morgan fingerprint density at radius 2 is 0.506 bits per heavy atom. The summed E-state index contributed by atoms with van der Waals surface area (Å²) in [6.45, 7) is 6.42. The van der Waals surface area contributed by atoms with Gasteiger partial charge in [0.25, 0.3) is 0 Å². The van der Waals surface area contributed by atoms with E-state index in [2.05, 4.69) is 154 Å². The van der Waals surface area contributed by atoms with Gasteiger partial charge in [0.2, 0.25) is 0 Å². The van der Waals surface area contributed by atoms with Crippen LogP contribution in [0.5, 0.6) is 0 Å². The zero-order valence-electron chi connectivity index (χ0n) is 52.8. The van der Waals surface area contributed by atoms with Crippen LogP contribution in [0, 0.1) is 0 Å². The van der Waals surface area contributed by atoms with Crippen molar-refractivity contribution >= 4 is 17.9 Å². The Bertz CT molecular complexity index is 1720. The topological polar surface area (TPSA) is 78.9 Å². The van der Waals surface area contributed by atoms with Crippen molar-refractivity contribution in [3.8, 4) is 0 Å². The van der Waals surface area contributed by atoms with E-state index in [0.717, 1.165) is 161 Å². The van der Waals surface area contributed by atoms with E-state index in [-0.39, 0.29) is 31.1 Å². The third-order valence-corrected chi connectivity index (χ3v) is 14.1. The summed E-state index contributed by atoms with van der Waals surface area (Å²) in [5, 5.41) is 0. The highest BCUT2D eigenvalue weighted by Gasteiger charge is 2.19. The fraction of sp³-hybridized carbons (Fsp3) is 0.667. The first kappa shape index (κ1) is 76.5. The highest BCUT2D eigenvalue weighted by atomic mass is 16.6. The van der Waals surface area contributed by atoms with Crippen LogP contribution in [0.15, 0.2) is 134 Å². The maximum absolute atomic E-state index is 12.9. The van der Waals surface area contributed by atoms with Gasteiger partial charge in [0.15, 0.2) is 6.10 Å². The van der Waals surface area contributed by atoms with E-state index in [4.69, 9.17) is 14.2 Å². The molecule has 1 unspecified atom stereocenters. The monoisotopic (exact) mass is 1120 g/mol. The molecule has 0 saturated heterocycles. The SMILES string of the molecule is CC/C=C\C/C=C\C/C=C\C/C=C\C/C=C\C/C=C\C/C=C\CCCCCCCCCCCCCCCC(=O)OCC(COC(=O)CCCCCCC/C=C\C/C=C\CCC)OC(=O)CCCCCCC/C=C\C/C=C\CCCCC. The molecular formula is C75H124O6. The number of esters is 3. The highest BCUT2D eigenvalue weighted by molar-refractivity contribution is 5.71. The summed E-state index contributed by atoms with van der Waals surface area (Å²) in [4.78, 5) is 38.3. The van der Waals surface area contributed by atoms with Crippen LogP contribution in [-0.4, -0.2) is 37.2 Å². The Hall–Kier alpha value is -4.45. The van der Waals surface area contributed by atoms with E-state index < -0.39 is 6.10 Å². The molecule has 0 aliphatic heterocycles. The molecule has 0 aliphatic rings. The van der Waals surface area contributed by atoms with E-state index >= 15 is 0 Å². The molecule has 0 rings (SSSR count). The molecule has 0 aromatic rings. The van der Waals surface area contributed by atoms with Crippen molar-refractivity contribution in [2.24, 2.45) is 0 Å². The first-order valence-electron chi connectivity index (χ1n) is 33.7. The highest BCUT2D eigenvalue weighted by Crippen LogP contribution is 2.16. The van der Waals surface area contributed by atoms with E-state index in [1.165, 1.54) is 103 Å². The Labute approximate surface area is 500 Å². The molecule has 0 radical (unpaired) electrons. The molecule has 0 spiro atoms. The van der Waals surface area contributed by atoms with Gasteiger partial charge in [-0.3, -0.25) is 14.4 Å². The maximum atomic E-state index is 12.9. The number of rotatable bonds is 60. The second-order valence-corrected chi connectivity index (χ2v) is 22.0.